The first-order valence-electron chi connectivity index (χ1n) is 21.9. The number of rotatable bonds is 15. The van der Waals surface area contributed by atoms with Crippen molar-refractivity contribution in [3.8, 4) is 28.7 Å². The fourth-order valence-electron chi connectivity index (χ4n) is 7.99. The number of fused-ring (bicyclic) bond motifs is 5. The summed E-state index contributed by atoms with van der Waals surface area (Å²) >= 11 is 0. The van der Waals surface area contributed by atoms with Crippen LogP contribution in [0.5, 0.6) is 11.5 Å². The Bertz CT molecular complexity index is 2160. The van der Waals surface area contributed by atoms with E-state index in [0.717, 1.165) is 5.69 Å². The van der Waals surface area contributed by atoms with Crippen molar-refractivity contribution >= 4 is 35.2 Å². The molecule has 344 valence electrons. The van der Waals surface area contributed by atoms with Crippen LogP contribution < -0.4 is 52.8 Å². The lowest BCUT2D eigenvalue weighted by atomic mass is 9.87. The van der Waals surface area contributed by atoms with Gasteiger partial charge >= 0.3 is 0 Å². The van der Waals surface area contributed by atoms with Gasteiger partial charge in [-0.3, -0.25) is 24.0 Å². The summed E-state index contributed by atoms with van der Waals surface area (Å²) in [4.78, 5) is 73.6. The summed E-state index contributed by atoms with van der Waals surface area (Å²) in [7, 11) is 1.46. The van der Waals surface area contributed by atoms with Gasteiger partial charge in [-0.2, -0.15) is 5.26 Å². The molecule has 0 radical (unpaired) electrons. The van der Waals surface area contributed by atoms with Crippen LogP contribution in [0.25, 0.3) is 11.1 Å². The maximum Gasteiger partial charge on any atom is 0.248 e. The Morgan fingerprint density at radius 1 is 0.875 bits per heavy atom. The molecule has 5 amide bonds. The largest absolute Gasteiger partial charge is 0.492 e. The summed E-state index contributed by atoms with van der Waals surface area (Å²) in [5, 5.41) is 20.1. The highest BCUT2D eigenvalue weighted by Crippen LogP contribution is 2.40. The number of hydrogen-bond acceptors (Lipinski definition) is 12. The molecule has 4 atom stereocenters. The van der Waals surface area contributed by atoms with Crippen LogP contribution in [0.1, 0.15) is 69.7 Å². The molecule has 2 aliphatic rings. The first-order chi connectivity index (χ1) is 30.6. The maximum absolute atomic E-state index is 14.6. The zero-order valence-electron chi connectivity index (χ0n) is 37.6. The minimum Gasteiger partial charge on any atom is -0.492 e. The van der Waals surface area contributed by atoms with Gasteiger partial charge in [0.2, 0.25) is 29.5 Å². The highest BCUT2D eigenvalue weighted by molar-refractivity contribution is 5.96. The number of nitrogens with zero attached hydrogens (tertiary/aromatic N) is 3. The Morgan fingerprint density at radius 2 is 1.50 bits per heavy atom. The van der Waals surface area contributed by atoms with Crippen LogP contribution in [0, 0.1) is 17.2 Å². The van der Waals surface area contributed by atoms with Crippen LogP contribution in [-0.4, -0.2) is 112 Å². The van der Waals surface area contributed by atoms with E-state index >= 15 is 0 Å². The third kappa shape index (κ3) is 12.3. The lowest BCUT2D eigenvalue weighted by Gasteiger charge is -2.35. The molecule has 4 bridgehead atoms. The van der Waals surface area contributed by atoms with E-state index in [-0.39, 0.29) is 69.5 Å². The summed E-state index contributed by atoms with van der Waals surface area (Å²) in [5.74, 6) is -2.36. The normalized spacial score (nSPS) is 18.6. The molecule has 0 unspecified atom stereocenters. The standard InChI is InChI=1S/C47H64N10O7/c1-29-42(58)55-38(44(60)52-21-18-49)27-30-6-12-39(63-24-19-50)35(26-30)36-28-32(7-13-40(36)64-25-20-51)41(45(61)53-29)56(5)46(62)37(14-17-48)54-43(59)31-15-22-57(23-16-31)34-10-8-33(9-11-34)47(2,3)4/h6-13,26,28-29,31,37-38,41H,14-17,19-25,27,48,50-51H2,1-5H3,(H,52,60)(H,53,61)(H,54,59)(H,55,58)/t29-,37-,38-,41-/m0/s1. The number of anilines is 1. The number of nitriles is 1. The SMILES string of the molecule is C[C@@H]1NC(=O)[C@@H](N(C)C(=O)[C@H](CCN)NC(=O)C2CCN(c3ccc(C(C)(C)C)cc3)CC2)c2ccc(OCCN)c(c2)-c2cc(ccc2OCCN)C[C@@H](C(=O)NCC#N)NC1=O. The Labute approximate surface area is 375 Å². The van der Waals surface area contributed by atoms with Gasteiger partial charge in [-0.05, 0) is 91.2 Å². The van der Waals surface area contributed by atoms with Gasteiger partial charge in [0, 0.05) is 62.4 Å². The van der Waals surface area contributed by atoms with Crippen LogP contribution in [0.15, 0.2) is 60.7 Å². The van der Waals surface area contributed by atoms with Gasteiger partial charge in [-0.25, -0.2) is 0 Å². The summed E-state index contributed by atoms with van der Waals surface area (Å²) < 4.78 is 12.2. The molecule has 1 saturated heterocycles. The quantitative estimate of drug-likeness (QED) is 0.108. The van der Waals surface area contributed by atoms with Crippen molar-refractivity contribution in [3.63, 3.8) is 0 Å². The van der Waals surface area contributed by atoms with Crippen molar-refractivity contribution in [2.24, 2.45) is 23.1 Å². The number of likely N-dealkylation sites (N-methyl/N-ethyl adjacent to an activating group) is 1. The van der Waals surface area contributed by atoms with E-state index in [1.807, 2.05) is 6.07 Å². The van der Waals surface area contributed by atoms with E-state index in [4.69, 9.17) is 31.9 Å². The highest BCUT2D eigenvalue weighted by Gasteiger charge is 2.37. The summed E-state index contributed by atoms with van der Waals surface area (Å²) in [6, 6.07) is 15.9. The summed E-state index contributed by atoms with van der Waals surface area (Å²) in [6.07, 6.45) is 1.28. The first kappa shape index (κ1) is 48.8. The number of hydrogen-bond donors (Lipinski definition) is 7. The maximum atomic E-state index is 14.6. The smallest absolute Gasteiger partial charge is 0.248 e. The fourth-order valence-corrected chi connectivity index (χ4v) is 7.99. The number of carbonyl (C=O) groups excluding carboxylic acids is 5. The summed E-state index contributed by atoms with van der Waals surface area (Å²) in [5.41, 5.74) is 22.1. The molecular formula is C47H64N10O7. The van der Waals surface area contributed by atoms with Gasteiger partial charge in [-0.1, -0.05) is 45.0 Å². The lowest BCUT2D eigenvalue weighted by Crippen LogP contribution is -2.56. The van der Waals surface area contributed by atoms with Crippen LogP contribution >= 0.6 is 0 Å². The molecule has 0 aromatic heterocycles. The van der Waals surface area contributed by atoms with Crippen LogP contribution in [-0.2, 0) is 35.8 Å². The monoisotopic (exact) mass is 880 g/mol. The Kier molecular flexibility index (Phi) is 17.1. The molecule has 0 aliphatic carbocycles. The number of ether oxygens (including phenoxy) is 2. The molecule has 0 spiro atoms. The van der Waals surface area contributed by atoms with Gasteiger partial charge in [0.1, 0.15) is 55.4 Å². The van der Waals surface area contributed by atoms with Gasteiger partial charge < -0.3 is 57.7 Å². The molecule has 17 nitrogen and oxygen atoms in total. The van der Waals surface area contributed by atoms with Crippen LogP contribution in [0.3, 0.4) is 0 Å². The minimum absolute atomic E-state index is 0.0190. The van der Waals surface area contributed by atoms with Crippen molar-refractivity contribution in [2.45, 2.75) is 83.0 Å². The number of piperidine rings is 1. The van der Waals surface area contributed by atoms with E-state index in [9.17, 15) is 24.0 Å². The Morgan fingerprint density at radius 3 is 2.09 bits per heavy atom. The third-order valence-electron chi connectivity index (χ3n) is 11.6. The van der Waals surface area contributed by atoms with E-state index < -0.39 is 47.8 Å². The van der Waals surface area contributed by atoms with Crippen molar-refractivity contribution in [2.75, 3.05) is 64.4 Å². The Hall–Kier alpha value is -6.22. The third-order valence-corrected chi connectivity index (χ3v) is 11.6. The number of benzene rings is 3. The number of amides is 5. The molecule has 2 aliphatic heterocycles. The van der Waals surface area contributed by atoms with Crippen LogP contribution in [0.4, 0.5) is 5.69 Å². The molecule has 64 heavy (non-hydrogen) atoms. The zero-order chi connectivity index (χ0) is 46.6. The number of nitrogens with one attached hydrogen (secondary N) is 4. The van der Waals surface area contributed by atoms with E-state index in [0.29, 0.717) is 59.7 Å². The molecule has 0 saturated carbocycles. The van der Waals surface area contributed by atoms with Gasteiger partial charge in [0.15, 0.2) is 0 Å². The predicted octanol–water partition coefficient (Wildman–Crippen LogP) is 1.76. The topological polar surface area (TPSA) is 260 Å². The van der Waals surface area contributed by atoms with E-state index in [1.54, 1.807) is 36.4 Å². The molecule has 3 aromatic rings. The van der Waals surface area contributed by atoms with Crippen molar-refractivity contribution in [1.82, 2.24) is 26.2 Å². The highest BCUT2D eigenvalue weighted by atomic mass is 16.5. The first-order valence-corrected chi connectivity index (χ1v) is 21.9. The van der Waals surface area contributed by atoms with E-state index in [2.05, 4.69) is 71.2 Å². The number of nitrogens with two attached hydrogens (primary N) is 3. The number of carbonyl (C=O) groups is 5. The van der Waals surface area contributed by atoms with Gasteiger partial charge in [0.25, 0.3) is 0 Å². The molecule has 3 aromatic carbocycles. The second-order valence-corrected chi connectivity index (χ2v) is 17.3. The molecular weight excluding hydrogens is 817 g/mol. The van der Waals surface area contributed by atoms with Crippen molar-refractivity contribution in [3.05, 3.63) is 77.4 Å². The second-order valence-electron chi connectivity index (χ2n) is 17.3. The van der Waals surface area contributed by atoms with Crippen LogP contribution in [0.2, 0.25) is 0 Å². The molecule has 5 rings (SSSR count). The molecule has 2 heterocycles. The van der Waals surface area contributed by atoms with Crippen molar-refractivity contribution in [1.29, 1.82) is 5.26 Å². The molecule has 17 heteroatoms. The Balaban J connectivity index is 1.49. The minimum atomic E-state index is -1.34. The molecule has 10 N–H and O–H groups in total. The average molecular weight is 881 g/mol. The van der Waals surface area contributed by atoms with Crippen molar-refractivity contribution < 1.29 is 33.4 Å². The lowest BCUT2D eigenvalue weighted by molar-refractivity contribution is -0.143. The molecule has 1 fully saturated rings. The average Bonchev–Trinajstić information content (AvgIpc) is 3.28. The fraction of sp³-hybridized carbons (Fsp3) is 0.489. The van der Waals surface area contributed by atoms with Gasteiger partial charge in [-0.15, -0.1) is 0 Å². The zero-order valence-corrected chi connectivity index (χ0v) is 37.6. The van der Waals surface area contributed by atoms with E-state index in [1.165, 1.54) is 24.4 Å². The van der Waals surface area contributed by atoms with Gasteiger partial charge in [0.05, 0.1) is 6.07 Å². The summed E-state index contributed by atoms with van der Waals surface area (Å²) in [6.45, 7) is 9.83. The second kappa shape index (κ2) is 22.4. The predicted molar refractivity (Wildman–Crippen MR) is 244 cm³/mol.